The maximum absolute atomic E-state index is 15.1. The van der Waals surface area contributed by atoms with E-state index in [1.807, 2.05) is 91.0 Å². The fourth-order valence-electron chi connectivity index (χ4n) is 4.15. The van der Waals surface area contributed by atoms with Crippen LogP contribution in [0.15, 0.2) is 115 Å². The Morgan fingerprint density at radius 3 is 1.84 bits per heavy atom. The lowest BCUT2D eigenvalue weighted by Gasteiger charge is -2.32. The number of hydrogen-bond donors (Lipinski definition) is 0. The van der Waals surface area contributed by atoms with Crippen molar-refractivity contribution in [1.82, 2.24) is 0 Å². The van der Waals surface area contributed by atoms with Crippen LogP contribution in [0, 0.1) is 6.92 Å². The fraction of sp³-hybridized carbons (Fsp3) is 0.0714. The quantitative estimate of drug-likeness (QED) is 0.352. The maximum atomic E-state index is 15.1. The zero-order valence-electron chi connectivity index (χ0n) is 17.3. The summed E-state index contributed by atoms with van der Waals surface area (Å²) in [5.41, 5.74) is 2.81. The van der Waals surface area contributed by atoms with Crippen molar-refractivity contribution in [2.75, 3.05) is 0 Å². The van der Waals surface area contributed by atoms with Crippen LogP contribution in [0.1, 0.15) is 22.3 Å². The van der Waals surface area contributed by atoms with Gasteiger partial charge in [0.1, 0.15) is 11.5 Å². The normalized spacial score (nSPS) is 15.5. The molecule has 1 atom stereocenters. The summed E-state index contributed by atoms with van der Waals surface area (Å²) in [5.74, 6) is 1.51. The van der Waals surface area contributed by atoms with E-state index < -0.39 is 7.14 Å². The van der Waals surface area contributed by atoms with Gasteiger partial charge in [0.15, 0.2) is 7.14 Å². The molecule has 0 saturated heterocycles. The van der Waals surface area contributed by atoms with Gasteiger partial charge in [0.25, 0.3) is 0 Å². The van der Waals surface area contributed by atoms with Crippen LogP contribution in [0.2, 0.25) is 0 Å². The van der Waals surface area contributed by atoms with Crippen LogP contribution in [0.5, 0.6) is 5.75 Å². The molecule has 152 valence electrons. The zero-order chi connectivity index (χ0) is 21.3. The molecule has 1 aliphatic heterocycles. The standard InChI is InChI=1S/C28H23O2P/c1-21-16-18-22(19-17-21)27-20-28(25-14-8-9-15-26(25)30-27)31(29,23-10-4-2-5-11-23)24-12-6-3-7-13-24/h2-20,28H,1H3. The molecule has 4 aromatic rings. The number of rotatable bonds is 4. The van der Waals surface area contributed by atoms with Crippen LogP contribution in [0.4, 0.5) is 0 Å². The van der Waals surface area contributed by atoms with Crippen molar-refractivity contribution < 1.29 is 9.30 Å². The molecule has 31 heavy (non-hydrogen) atoms. The van der Waals surface area contributed by atoms with Crippen LogP contribution in [-0.4, -0.2) is 0 Å². The summed E-state index contributed by atoms with van der Waals surface area (Å²) < 4.78 is 21.4. The molecular weight excluding hydrogens is 399 g/mol. The molecule has 3 heteroatoms. The molecular formula is C28H23O2P. The Bertz CT molecular complexity index is 1230. The van der Waals surface area contributed by atoms with Gasteiger partial charge in [-0.15, -0.1) is 0 Å². The smallest absolute Gasteiger partial charge is 0.154 e. The molecule has 0 aromatic heterocycles. The molecule has 1 unspecified atom stereocenters. The fourth-order valence-corrected chi connectivity index (χ4v) is 7.27. The van der Waals surface area contributed by atoms with Gasteiger partial charge in [-0.05, 0) is 19.1 Å². The molecule has 0 bridgehead atoms. The average Bonchev–Trinajstić information content (AvgIpc) is 2.84. The lowest BCUT2D eigenvalue weighted by molar-refractivity contribution is 0.494. The van der Waals surface area contributed by atoms with Crippen LogP contribution in [-0.2, 0) is 4.57 Å². The number of aryl methyl sites for hydroxylation is 1. The van der Waals surface area contributed by atoms with Crippen LogP contribution in [0.3, 0.4) is 0 Å². The monoisotopic (exact) mass is 422 g/mol. The minimum Gasteiger partial charge on any atom is -0.457 e. The van der Waals surface area contributed by atoms with E-state index >= 15 is 4.57 Å². The van der Waals surface area contributed by atoms with Crippen molar-refractivity contribution >= 4 is 23.5 Å². The minimum absolute atomic E-state index is 0.321. The summed E-state index contributed by atoms with van der Waals surface area (Å²) in [6.07, 6.45) is 2.05. The van der Waals surface area contributed by atoms with Crippen molar-refractivity contribution in [2.24, 2.45) is 0 Å². The van der Waals surface area contributed by atoms with Gasteiger partial charge in [0.05, 0.1) is 5.66 Å². The average molecular weight is 422 g/mol. The Kier molecular flexibility index (Phi) is 5.10. The Balaban J connectivity index is 1.76. The Morgan fingerprint density at radius 1 is 0.677 bits per heavy atom. The van der Waals surface area contributed by atoms with Gasteiger partial charge < -0.3 is 9.30 Å². The van der Waals surface area contributed by atoms with Crippen molar-refractivity contribution in [3.8, 4) is 5.75 Å². The van der Waals surface area contributed by atoms with Crippen LogP contribution < -0.4 is 15.3 Å². The highest BCUT2D eigenvalue weighted by molar-refractivity contribution is 7.79. The highest BCUT2D eigenvalue weighted by atomic mass is 31.2. The van der Waals surface area contributed by atoms with Gasteiger partial charge in [-0.3, -0.25) is 0 Å². The molecule has 0 radical (unpaired) electrons. The summed E-state index contributed by atoms with van der Waals surface area (Å²) in [6, 6.07) is 35.9. The molecule has 0 saturated carbocycles. The summed E-state index contributed by atoms with van der Waals surface area (Å²) in [7, 11) is -3.06. The highest BCUT2D eigenvalue weighted by Gasteiger charge is 2.40. The van der Waals surface area contributed by atoms with Gasteiger partial charge in [0.2, 0.25) is 0 Å². The molecule has 4 aromatic carbocycles. The first-order chi connectivity index (χ1) is 15.2. The second-order valence-corrected chi connectivity index (χ2v) is 10.7. The summed E-state index contributed by atoms with van der Waals surface area (Å²) in [4.78, 5) is 0. The molecule has 0 fully saturated rings. The van der Waals surface area contributed by atoms with E-state index in [0.29, 0.717) is 0 Å². The number of hydrogen-bond acceptors (Lipinski definition) is 2. The van der Waals surface area contributed by atoms with E-state index in [1.165, 1.54) is 5.56 Å². The van der Waals surface area contributed by atoms with E-state index in [2.05, 4.69) is 31.2 Å². The van der Waals surface area contributed by atoms with Crippen molar-refractivity contribution in [3.63, 3.8) is 0 Å². The minimum atomic E-state index is -3.06. The van der Waals surface area contributed by atoms with E-state index in [9.17, 15) is 0 Å². The second kappa shape index (κ2) is 8.06. The molecule has 5 rings (SSSR count). The number of fused-ring (bicyclic) bond motifs is 1. The Hall–Kier alpha value is -3.35. The third-order valence-electron chi connectivity index (χ3n) is 5.77. The van der Waals surface area contributed by atoms with Gasteiger partial charge in [-0.2, -0.15) is 0 Å². The first kappa shape index (κ1) is 19.6. The second-order valence-electron chi connectivity index (χ2n) is 7.81. The van der Waals surface area contributed by atoms with E-state index in [-0.39, 0.29) is 5.66 Å². The number of para-hydroxylation sites is 1. The maximum Gasteiger partial charge on any atom is 0.154 e. The topological polar surface area (TPSA) is 26.3 Å². The van der Waals surface area contributed by atoms with E-state index in [4.69, 9.17) is 4.74 Å². The van der Waals surface area contributed by atoms with E-state index in [1.54, 1.807) is 0 Å². The molecule has 0 aliphatic carbocycles. The lowest BCUT2D eigenvalue weighted by Crippen LogP contribution is -2.23. The predicted molar refractivity (Wildman–Crippen MR) is 129 cm³/mol. The summed E-state index contributed by atoms with van der Waals surface area (Å²) in [6.45, 7) is 2.07. The lowest BCUT2D eigenvalue weighted by atomic mass is 10.0. The molecule has 1 aliphatic rings. The number of ether oxygens (including phenoxy) is 1. The largest absolute Gasteiger partial charge is 0.457 e. The molecule has 2 nitrogen and oxygen atoms in total. The molecule has 0 amide bonds. The van der Waals surface area contributed by atoms with Gasteiger partial charge in [-0.25, -0.2) is 0 Å². The first-order valence-corrected chi connectivity index (χ1v) is 12.2. The van der Waals surface area contributed by atoms with E-state index in [0.717, 1.165) is 33.2 Å². The zero-order valence-corrected chi connectivity index (χ0v) is 18.2. The van der Waals surface area contributed by atoms with Gasteiger partial charge >= 0.3 is 0 Å². The predicted octanol–water partition coefficient (Wildman–Crippen LogP) is 6.48. The van der Waals surface area contributed by atoms with Gasteiger partial charge in [-0.1, -0.05) is 109 Å². The van der Waals surface area contributed by atoms with Crippen LogP contribution in [0.25, 0.3) is 5.76 Å². The third kappa shape index (κ3) is 3.54. The SMILES string of the molecule is Cc1ccc(C2=CC(P(=O)(c3ccccc3)c3ccccc3)c3ccccc3O2)cc1. The van der Waals surface area contributed by atoms with Crippen molar-refractivity contribution in [1.29, 1.82) is 0 Å². The Labute approximate surface area is 183 Å². The van der Waals surface area contributed by atoms with Crippen molar-refractivity contribution in [2.45, 2.75) is 12.6 Å². The third-order valence-corrected chi connectivity index (χ3v) is 9.12. The molecule has 0 N–H and O–H groups in total. The van der Waals surface area contributed by atoms with Crippen LogP contribution >= 0.6 is 7.14 Å². The van der Waals surface area contributed by atoms with Crippen molar-refractivity contribution in [3.05, 3.63) is 132 Å². The molecule has 0 spiro atoms. The summed E-state index contributed by atoms with van der Waals surface area (Å²) in [5, 5.41) is 1.70. The molecule has 1 heterocycles. The number of allylic oxidation sites excluding steroid dienone is 1. The van der Waals surface area contributed by atoms with Gasteiger partial charge in [0, 0.05) is 21.7 Å². The first-order valence-electron chi connectivity index (χ1n) is 10.4. The Morgan fingerprint density at radius 2 is 1.23 bits per heavy atom. The highest BCUT2D eigenvalue weighted by Crippen LogP contribution is 2.61. The summed E-state index contributed by atoms with van der Waals surface area (Å²) >= 11 is 0. The number of benzene rings is 4.